The number of rotatable bonds is 5. The summed E-state index contributed by atoms with van der Waals surface area (Å²) in [6, 6.07) is 6.44. The Balaban J connectivity index is 2.08. The monoisotopic (exact) mass is 373 g/mol. The van der Waals surface area contributed by atoms with Gasteiger partial charge in [-0.05, 0) is 29.3 Å². The van der Waals surface area contributed by atoms with Crippen LogP contribution in [0, 0.1) is 0 Å². The highest BCUT2D eigenvalue weighted by Crippen LogP contribution is 2.37. The SMILES string of the molecule is COc1ccc(CC2c3cc(O)c(O)cc3CC[NH+]2C)c(C(=O)[O-])c1OC. The van der Waals surface area contributed by atoms with E-state index in [4.69, 9.17) is 9.47 Å². The van der Waals surface area contributed by atoms with Gasteiger partial charge in [-0.25, -0.2) is 0 Å². The molecule has 1 aliphatic heterocycles. The van der Waals surface area contributed by atoms with Crippen molar-refractivity contribution in [1.82, 2.24) is 0 Å². The maximum atomic E-state index is 11.8. The van der Waals surface area contributed by atoms with E-state index >= 15 is 0 Å². The fourth-order valence-electron chi connectivity index (χ4n) is 3.81. The summed E-state index contributed by atoms with van der Waals surface area (Å²) < 4.78 is 10.5. The highest BCUT2D eigenvalue weighted by atomic mass is 16.5. The second-order valence-electron chi connectivity index (χ2n) is 6.77. The van der Waals surface area contributed by atoms with E-state index in [-0.39, 0.29) is 28.9 Å². The minimum Gasteiger partial charge on any atom is -0.545 e. The third-order valence-electron chi connectivity index (χ3n) is 5.26. The number of aromatic hydroxyl groups is 2. The molecule has 0 saturated carbocycles. The Bertz CT molecular complexity index is 879. The van der Waals surface area contributed by atoms with Crippen molar-refractivity contribution in [3.8, 4) is 23.0 Å². The number of aromatic carboxylic acids is 1. The van der Waals surface area contributed by atoms with E-state index < -0.39 is 5.97 Å². The summed E-state index contributed by atoms with van der Waals surface area (Å²) in [4.78, 5) is 13.0. The van der Waals surface area contributed by atoms with Crippen LogP contribution in [0.2, 0.25) is 0 Å². The van der Waals surface area contributed by atoms with Gasteiger partial charge in [-0.15, -0.1) is 0 Å². The number of fused-ring (bicyclic) bond motifs is 1. The van der Waals surface area contributed by atoms with Gasteiger partial charge in [-0.3, -0.25) is 0 Å². The average Bonchev–Trinajstić information content (AvgIpc) is 2.64. The molecule has 2 atom stereocenters. The number of hydrogen-bond acceptors (Lipinski definition) is 6. The Labute approximate surface area is 157 Å². The van der Waals surface area contributed by atoms with Gasteiger partial charge < -0.3 is 34.5 Å². The second kappa shape index (κ2) is 7.36. The molecule has 144 valence electrons. The molecule has 7 heteroatoms. The highest BCUT2D eigenvalue weighted by molar-refractivity contribution is 5.92. The highest BCUT2D eigenvalue weighted by Gasteiger charge is 2.31. The maximum Gasteiger partial charge on any atom is 0.170 e. The lowest BCUT2D eigenvalue weighted by Crippen LogP contribution is -3.10. The molecule has 2 aromatic rings. The Kier molecular flexibility index (Phi) is 5.14. The normalized spacial score (nSPS) is 18.6. The van der Waals surface area contributed by atoms with Crippen LogP contribution >= 0.6 is 0 Å². The molecule has 0 spiro atoms. The number of phenols is 2. The van der Waals surface area contributed by atoms with Crippen molar-refractivity contribution in [3.05, 3.63) is 46.5 Å². The molecule has 1 aliphatic rings. The minimum absolute atomic E-state index is 0.0280. The van der Waals surface area contributed by atoms with Gasteiger partial charge in [0.15, 0.2) is 23.0 Å². The molecule has 27 heavy (non-hydrogen) atoms. The molecule has 0 aliphatic carbocycles. The first-order valence-corrected chi connectivity index (χ1v) is 8.69. The molecular weight excluding hydrogens is 350 g/mol. The quantitative estimate of drug-likeness (QED) is 0.629. The Morgan fingerprint density at radius 1 is 1.22 bits per heavy atom. The van der Waals surface area contributed by atoms with Crippen LogP contribution in [0.15, 0.2) is 24.3 Å². The van der Waals surface area contributed by atoms with Crippen molar-refractivity contribution in [2.24, 2.45) is 0 Å². The zero-order valence-corrected chi connectivity index (χ0v) is 15.5. The Morgan fingerprint density at radius 2 is 1.93 bits per heavy atom. The molecule has 1 heterocycles. The van der Waals surface area contributed by atoms with Gasteiger partial charge in [0.1, 0.15) is 6.04 Å². The van der Waals surface area contributed by atoms with Crippen LogP contribution in [-0.4, -0.2) is 44.0 Å². The summed E-state index contributed by atoms with van der Waals surface area (Å²) in [5, 5.41) is 31.5. The molecule has 0 bridgehead atoms. The van der Waals surface area contributed by atoms with Crippen molar-refractivity contribution in [2.75, 3.05) is 27.8 Å². The number of hydrogen-bond donors (Lipinski definition) is 3. The largest absolute Gasteiger partial charge is 0.545 e. The first kappa shape index (κ1) is 18.8. The third-order valence-corrected chi connectivity index (χ3v) is 5.26. The summed E-state index contributed by atoms with van der Waals surface area (Å²) in [6.07, 6.45) is 1.18. The summed E-state index contributed by atoms with van der Waals surface area (Å²) in [6.45, 7) is 0.829. The zero-order chi connectivity index (χ0) is 19.7. The van der Waals surface area contributed by atoms with Crippen LogP contribution in [-0.2, 0) is 12.8 Å². The van der Waals surface area contributed by atoms with Gasteiger partial charge in [-0.1, -0.05) is 6.07 Å². The topological polar surface area (TPSA) is 103 Å². The molecule has 2 aromatic carbocycles. The smallest absolute Gasteiger partial charge is 0.170 e. The number of likely N-dealkylation sites (N-methyl/N-ethyl adjacent to an activating group) is 1. The fourth-order valence-corrected chi connectivity index (χ4v) is 3.81. The Hall–Kier alpha value is -2.93. The molecule has 0 fully saturated rings. The number of methoxy groups -OCH3 is 2. The van der Waals surface area contributed by atoms with E-state index in [1.165, 1.54) is 19.1 Å². The van der Waals surface area contributed by atoms with Gasteiger partial charge in [0.2, 0.25) is 0 Å². The number of nitrogens with one attached hydrogen (secondary N) is 1. The molecule has 3 rings (SSSR count). The molecule has 0 aromatic heterocycles. The first-order chi connectivity index (χ1) is 12.9. The first-order valence-electron chi connectivity index (χ1n) is 8.69. The van der Waals surface area contributed by atoms with Crippen molar-refractivity contribution < 1.29 is 34.5 Å². The van der Waals surface area contributed by atoms with Crippen molar-refractivity contribution in [3.63, 3.8) is 0 Å². The predicted octanol–water partition coefficient (Wildman–Crippen LogP) is -0.167. The molecular formula is C20H23NO6. The minimum atomic E-state index is -1.33. The van der Waals surface area contributed by atoms with Gasteiger partial charge in [0.05, 0.1) is 33.8 Å². The number of carbonyl (C=O) groups excluding carboxylic acids is 1. The van der Waals surface area contributed by atoms with E-state index in [1.54, 1.807) is 24.3 Å². The molecule has 2 unspecified atom stereocenters. The maximum absolute atomic E-state index is 11.8. The fraction of sp³-hybridized carbons (Fsp3) is 0.350. The van der Waals surface area contributed by atoms with E-state index in [0.29, 0.717) is 17.7 Å². The number of carboxylic acid groups (broad SMARTS) is 1. The van der Waals surface area contributed by atoms with Crippen LogP contribution in [0.5, 0.6) is 23.0 Å². The average molecular weight is 373 g/mol. The van der Waals surface area contributed by atoms with E-state index in [9.17, 15) is 20.1 Å². The molecule has 0 saturated heterocycles. The Morgan fingerprint density at radius 3 is 2.56 bits per heavy atom. The van der Waals surface area contributed by atoms with Gasteiger partial charge in [0, 0.05) is 24.0 Å². The summed E-state index contributed by atoms with van der Waals surface area (Å²) >= 11 is 0. The van der Waals surface area contributed by atoms with Crippen LogP contribution < -0.4 is 19.5 Å². The van der Waals surface area contributed by atoms with Crippen LogP contribution in [0.25, 0.3) is 0 Å². The van der Waals surface area contributed by atoms with Crippen molar-refractivity contribution >= 4 is 5.97 Å². The number of benzene rings is 2. The third kappa shape index (κ3) is 3.38. The molecule has 3 N–H and O–H groups in total. The lowest BCUT2D eigenvalue weighted by atomic mass is 9.87. The van der Waals surface area contributed by atoms with Crippen LogP contribution in [0.1, 0.15) is 33.1 Å². The van der Waals surface area contributed by atoms with Crippen molar-refractivity contribution in [1.29, 1.82) is 0 Å². The summed E-state index contributed by atoms with van der Waals surface area (Å²) in [7, 11) is 4.86. The summed E-state index contributed by atoms with van der Waals surface area (Å²) in [5.41, 5.74) is 2.39. The van der Waals surface area contributed by atoms with E-state index in [0.717, 1.165) is 24.1 Å². The lowest BCUT2D eigenvalue weighted by molar-refractivity contribution is -0.914. The predicted molar refractivity (Wildman–Crippen MR) is 95.6 cm³/mol. The standard InChI is InChI=1S/C20H23NO6/c1-21-7-6-11-9-15(22)16(23)10-13(11)14(21)8-12-4-5-17(26-2)19(27-3)18(12)20(24)25/h4-5,9-10,14,22-23H,6-8H2,1-3H3,(H,24,25). The zero-order valence-electron chi connectivity index (χ0n) is 15.5. The molecule has 0 amide bonds. The number of quaternary nitrogens is 1. The molecule has 0 radical (unpaired) electrons. The van der Waals surface area contributed by atoms with Gasteiger partial charge >= 0.3 is 0 Å². The van der Waals surface area contributed by atoms with E-state index in [2.05, 4.69) is 0 Å². The number of ether oxygens (including phenoxy) is 2. The number of carboxylic acids is 1. The molecule has 7 nitrogen and oxygen atoms in total. The number of carbonyl (C=O) groups is 1. The lowest BCUT2D eigenvalue weighted by Gasteiger charge is -2.32. The van der Waals surface area contributed by atoms with Gasteiger partial charge in [-0.2, -0.15) is 0 Å². The van der Waals surface area contributed by atoms with Gasteiger partial charge in [0.25, 0.3) is 0 Å². The van der Waals surface area contributed by atoms with E-state index in [1.807, 2.05) is 7.05 Å². The van der Waals surface area contributed by atoms with Crippen LogP contribution in [0.4, 0.5) is 0 Å². The van der Waals surface area contributed by atoms with Crippen LogP contribution in [0.3, 0.4) is 0 Å². The summed E-state index contributed by atoms with van der Waals surface area (Å²) in [5.74, 6) is -1.19. The number of phenolic OH excluding ortho intramolecular Hbond substituents is 2. The second-order valence-corrected chi connectivity index (χ2v) is 6.77. The van der Waals surface area contributed by atoms with Crippen molar-refractivity contribution in [2.45, 2.75) is 18.9 Å².